The van der Waals surface area contributed by atoms with Gasteiger partial charge in [0.15, 0.2) is 0 Å². The van der Waals surface area contributed by atoms with Crippen LogP contribution in [0.25, 0.3) is 0 Å². The van der Waals surface area contributed by atoms with Crippen molar-refractivity contribution in [3.8, 4) is 11.8 Å². The molecule has 0 bridgehead atoms. The summed E-state index contributed by atoms with van der Waals surface area (Å²) in [5.74, 6) is 5.76. The van der Waals surface area contributed by atoms with Gasteiger partial charge in [-0.2, -0.15) is 0 Å². The number of hydrogen-bond acceptors (Lipinski definition) is 2. The third-order valence-corrected chi connectivity index (χ3v) is 5.04. The molecule has 0 atom stereocenters. The number of aryl methyl sites for hydroxylation is 1. The molecule has 1 aromatic rings. The summed E-state index contributed by atoms with van der Waals surface area (Å²) in [6.45, 7) is 11.0. The molecule has 1 aromatic carbocycles. The van der Waals surface area contributed by atoms with Gasteiger partial charge < -0.3 is 11.1 Å². The Kier molecular flexibility index (Phi) is 3.86. The Morgan fingerprint density at radius 1 is 1.29 bits per heavy atom. The van der Waals surface area contributed by atoms with E-state index in [1.165, 1.54) is 0 Å². The highest BCUT2D eigenvalue weighted by atomic mass is 16.1. The van der Waals surface area contributed by atoms with E-state index in [2.05, 4.69) is 44.9 Å². The molecule has 1 aliphatic carbocycles. The van der Waals surface area contributed by atoms with Gasteiger partial charge in [0, 0.05) is 11.6 Å². The first-order chi connectivity index (χ1) is 9.71. The summed E-state index contributed by atoms with van der Waals surface area (Å²) in [5.41, 5.74) is 8.12. The lowest BCUT2D eigenvalue weighted by molar-refractivity contribution is 0.0943. The lowest BCUT2D eigenvalue weighted by Gasteiger charge is -2.09. The summed E-state index contributed by atoms with van der Waals surface area (Å²) in [6, 6.07) is 5.90. The van der Waals surface area contributed by atoms with E-state index >= 15 is 0 Å². The Morgan fingerprint density at radius 3 is 2.43 bits per heavy atom. The molecule has 21 heavy (non-hydrogen) atoms. The zero-order valence-corrected chi connectivity index (χ0v) is 13.5. The van der Waals surface area contributed by atoms with Crippen molar-refractivity contribution >= 4 is 5.91 Å². The van der Waals surface area contributed by atoms with Crippen molar-refractivity contribution < 1.29 is 4.79 Å². The predicted octanol–water partition coefficient (Wildman–Crippen LogP) is 2.47. The molecule has 0 aliphatic heterocycles. The van der Waals surface area contributed by atoms with E-state index in [0.717, 1.165) is 11.1 Å². The smallest absolute Gasteiger partial charge is 0.252 e. The lowest BCUT2D eigenvalue weighted by atomic mass is 10.0. The number of rotatable bonds is 2. The molecular formula is C18H24N2O. The molecule has 0 radical (unpaired) electrons. The predicted molar refractivity (Wildman–Crippen MR) is 85.9 cm³/mol. The minimum atomic E-state index is -0.0556. The highest BCUT2D eigenvalue weighted by molar-refractivity contribution is 5.97. The van der Waals surface area contributed by atoms with E-state index in [-0.39, 0.29) is 29.3 Å². The van der Waals surface area contributed by atoms with Gasteiger partial charge in [-0.3, -0.25) is 4.79 Å². The van der Waals surface area contributed by atoms with Crippen LogP contribution in [0, 0.1) is 29.6 Å². The second-order valence-corrected chi connectivity index (χ2v) is 6.90. The molecule has 112 valence electrons. The van der Waals surface area contributed by atoms with Crippen LogP contribution < -0.4 is 11.1 Å². The second kappa shape index (κ2) is 5.20. The van der Waals surface area contributed by atoms with Gasteiger partial charge in [0.2, 0.25) is 0 Å². The quantitative estimate of drug-likeness (QED) is 0.820. The van der Waals surface area contributed by atoms with Crippen LogP contribution in [-0.4, -0.2) is 18.5 Å². The summed E-state index contributed by atoms with van der Waals surface area (Å²) < 4.78 is 0. The van der Waals surface area contributed by atoms with E-state index in [4.69, 9.17) is 5.73 Å². The van der Waals surface area contributed by atoms with Crippen molar-refractivity contribution in [2.45, 2.75) is 40.7 Å². The minimum Gasteiger partial charge on any atom is -0.348 e. The SMILES string of the molecule is Cc1ccc(C(=O)NC2C(C)(C)C2(C)C)c(C#CCN)c1. The third-order valence-electron chi connectivity index (χ3n) is 5.04. The maximum Gasteiger partial charge on any atom is 0.252 e. The van der Waals surface area contributed by atoms with Crippen molar-refractivity contribution in [2.75, 3.05) is 6.54 Å². The average Bonchev–Trinajstić information content (AvgIpc) is 2.78. The zero-order valence-electron chi connectivity index (χ0n) is 13.5. The summed E-state index contributed by atoms with van der Waals surface area (Å²) in [6.07, 6.45) is 0. The van der Waals surface area contributed by atoms with Gasteiger partial charge in [0.05, 0.1) is 12.1 Å². The molecule has 3 heteroatoms. The van der Waals surface area contributed by atoms with Gasteiger partial charge in [-0.05, 0) is 35.4 Å². The molecule has 1 saturated carbocycles. The van der Waals surface area contributed by atoms with Gasteiger partial charge in [0.25, 0.3) is 5.91 Å². The topological polar surface area (TPSA) is 55.1 Å². The molecule has 0 heterocycles. The molecule has 3 nitrogen and oxygen atoms in total. The third kappa shape index (κ3) is 2.69. The van der Waals surface area contributed by atoms with Gasteiger partial charge in [-0.1, -0.05) is 45.6 Å². The summed E-state index contributed by atoms with van der Waals surface area (Å²) in [7, 11) is 0. The summed E-state index contributed by atoms with van der Waals surface area (Å²) in [5, 5.41) is 3.15. The van der Waals surface area contributed by atoms with E-state index in [1.54, 1.807) is 0 Å². The summed E-state index contributed by atoms with van der Waals surface area (Å²) >= 11 is 0. The van der Waals surface area contributed by atoms with Crippen molar-refractivity contribution in [1.82, 2.24) is 5.32 Å². The molecule has 1 amide bonds. The number of amides is 1. The maximum absolute atomic E-state index is 12.6. The molecule has 2 rings (SSSR count). The molecule has 0 aromatic heterocycles. The highest BCUT2D eigenvalue weighted by Gasteiger charge is 2.65. The van der Waals surface area contributed by atoms with Crippen LogP contribution in [0.2, 0.25) is 0 Å². The van der Waals surface area contributed by atoms with Crippen LogP contribution in [0.3, 0.4) is 0 Å². The minimum absolute atomic E-state index is 0.0556. The first kappa shape index (κ1) is 15.6. The van der Waals surface area contributed by atoms with E-state index < -0.39 is 0 Å². The van der Waals surface area contributed by atoms with Crippen LogP contribution in [0.5, 0.6) is 0 Å². The van der Waals surface area contributed by atoms with Crippen molar-refractivity contribution in [1.29, 1.82) is 0 Å². The average molecular weight is 284 g/mol. The lowest BCUT2D eigenvalue weighted by Crippen LogP contribution is -2.30. The highest BCUT2D eigenvalue weighted by Crippen LogP contribution is 2.62. The number of hydrogen-bond donors (Lipinski definition) is 2. The fraction of sp³-hybridized carbons (Fsp3) is 0.500. The van der Waals surface area contributed by atoms with E-state index in [1.807, 2.05) is 25.1 Å². The Bertz CT molecular complexity index is 618. The monoisotopic (exact) mass is 284 g/mol. The maximum atomic E-state index is 12.6. The van der Waals surface area contributed by atoms with Gasteiger partial charge in [0.1, 0.15) is 0 Å². The van der Waals surface area contributed by atoms with E-state index in [9.17, 15) is 4.79 Å². The van der Waals surface area contributed by atoms with Crippen molar-refractivity contribution in [3.05, 3.63) is 34.9 Å². The number of nitrogens with one attached hydrogen (secondary N) is 1. The van der Waals surface area contributed by atoms with Crippen LogP contribution in [0.15, 0.2) is 18.2 Å². The Hall–Kier alpha value is -1.79. The van der Waals surface area contributed by atoms with Crippen LogP contribution in [-0.2, 0) is 0 Å². The largest absolute Gasteiger partial charge is 0.348 e. The zero-order chi connectivity index (χ0) is 15.8. The first-order valence-corrected chi connectivity index (χ1v) is 7.32. The Balaban J connectivity index is 2.25. The molecular weight excluding hydrogens is 260 g/mol. The van der Waals surface area contributed by atoms with Crippen molar-refractivity contribution in [3.63, 3.8) is 0 Å². The van der Waals surface area contributed by atoms with Crippen LogP contribution >= 0.6 is 0 Å². The van der Waals surface area contributed by atoms with Crippen LogP contribution in [0.1, 0.15) is 49.2 Å². The first-order valence-electron chi connectivity index (χ1n) is 7.32. The number of benzene rings is 1. The standard InChI is InChI=1S/C18H24N2O/c1-12-8-9-14(13(11-12)7-6-10-19)15(21)20-16-17(2,3)18(16,4)5/h8-9,11,16H,10,19H2,1-5H3,(H,20,21). The van der Waals surface area contributed by atoms with Crippen molar-refractivity contribution in [2.24, 2.45) is 16.6 Å². The number of carbonyl (C=O) groups is 1. The molecule has 3 N–H and O–H groups in total. The normalized spacial score (nSPS) is 18.6. The van der Waals surface area contributed by atoms with Crippen LogP contribution in [0.4, 0.5) is 0 Å². The fourth-order valence-corrected chi connectivity index (χ4v) is 2.87. The number of nitrogens with two attached hydrogens (primary N) is 1. The van der Waals surface area contributed by atoms with E-state index in [0.29, 0.717) is 5.56 Å². The molecule has 1 fully saturated rings. The van der Waals surface area contributed by atoms with Gasteiger partial charge in [-0.15, -0.1) is 0 Å². The summed E-state index contributed by atoms with van der Waals surface area (Å²) in [4.78, 5) is 12.6. The molecule has 0 spiro atoms. The van der Waals surface area contributed by atoms with Gasteiger partial charge in [-0.25, -0.2) is 0 Å². The molecule has 0 unspecified atom stereocenters. The van der Waals surface area contributed by atoms with Gasteiger partial charge >= 0.3 is 0 Å². The molecule has 0 saturated heterocycles. The Labute approximate surface area is 127 Å². The fourth-order valence-electron chi connectivity index (χ4n) is 2.87. The Morgan fingerprint density at radius 2 is 1.90 bits per heavy atom. The second-order valence-electron chi connectivity index (χ2n) is 6.90. The number of carbonyl (C=O) groups excluding carboxylic acids is 1. The molecule has 1 aliphatic rings.